The van der Waals surface area contributed by atoms with Gasteiger partial charge in [-0.2, -0.15) is 10.2 Å². The van der Waals surface area contributed by atoms with Crippen molar-refractivity contribution in [3.05, 3.63) is 46.5 Å². The zero-order valence-electron chi connectivity index (χ0n) is 27.7. The molecule has 2 atom stereocenters. The van der Waals surface area contributed by atoms with E-state index < -0.39 is 5.82 Å². The Balaban J connectivity index is 1.32. The summed E-state index contributed by atoms with van der Waals surface area (Å²) < 4.78 is 33.9. The number of halogens is 2. The number of likely N-dealkylation sites (N-methyl/N-ethyl adjacent to an activating group) is 1. The Bertz CT molecular complexity index is 1980. The van der Waals surface area contributed by atoms with Gasteiger partial charge in [-0.05, 0) is 116 Å². The van der Waals surface area contributed by atoms with Gasteiger partial charge in [0.1, 0.15) is 12.1 Å². The average Bonchev–Trinajstić information content (AvgIpc) is 3.81. The molecule has 248 valence electrons. The lowest BCUT2D eigenvalue weighted by Crippen LogP contribution is -2.31. The van der Waals surface area contributed by atoms with E-state index in [2.05, 4.69) is 41.6 Å². The molecule has 3 aliphatic heterocycles. The molecule has 0 amide bonds. The van der Waals surface area contributed by atoms with E-state index >= 15 is 4.39 Å². The Labute approximate surface area is 279 Å². The minimum atomic E-state index is -0.454. The van der Waals surface area contributed by atoms with E-state index in [1.807, 2.05) is 30.1 Å². The van der Waals surface area contributed by atoms with E-state index in [0.717, 1.165) is 103 Å². The van der Waals surface area contributed by atoms with Crippen LogP contribution in [0, 0.1) is 19.7 Å². The first-order valence-electron chi connectivity index (χ1n) is 17.1. The van der Waals surface area contributed by atoms with E-state index in [-0.39, 0.29) is 17.8 Å². The zero-order chi connectivity index (χ0) is 32.4. The SMILES string of the molecule is Cc1cc2c(cnn2C2CCCCO2)c(-c2c(Cl)cc3c(nc(OCC4CCCN4C)c4cnn(C5CCN(C)CC5)c43)c2F)c1C. The molecule has 0 saturated carbocycles. The van der Waals surface area contributed by atoms with E-state index in [1.165, 1.54) is 0 Å². The number of piperidine rings is 1. The van der Waals surface area contributed by atoms with Crippen molar-refractivity contribution in [3.63, 3.8) is 0 Å². The van der Waals surface area contributed by atoms with Crippen LogP contribution < -0.4 is 4.74 Å². The molecule has 0 bridgehead atoms. The molecule has 11 heteroatoms. The van der Waals surface area contributed by atoms with Gasteiger partial charge in [0.15, 0.2) is 12.0 Å². The Morgan fingerprint density at radius 2 is 1.70 bits per heavy atom. The molecule has 5 aromatic rings. The number of pyridine rings is 1. The third kappa shape index (κ3) is 5.28. The van der Waals surface area contributed by atoms with Gasteiger partial charge in [-0.15, -0.1) is 0 Å². The topological polar surface area (TPSA) is 73.5 Å². The van der Waals surface area contributed by atoms with Crippen molar-refractivity contribution in [1.29, 1.82) is 0 Å². The summed E-state index contributed by atoms with van der Waals surface area (Å²) >= 11 is 7.16. The molecule has 8 rings (SSSR count). The van der Waals surface area contributed by atoms with Crippen LogP contribution in [0.15, 0.2) is 24.5 Å². The quantitative estimate of drug-likeness (QED) is 0.187. The van der Waals surface area contributed by atoms with Gasteiger partial charge in [-0.25, -0.2) is 14.1 Å². The molecule has 0 N–H and O–H groups in total. The first-order chi connectivity index (χ1) is 22.8. The van der Waals surface area contributed by atoms with Crippen molar-refractivity contribution in [2.75, 3.05) is 46.9 Å². The first kappa shape index (κ1) is 31.0. The molecular weight excluding hydrogens is 617 g/mol. The molecule has 47 heavy (non-hydrogen) atoms. The Kier molecular flexibility index (Phi) is 8.10. The highest BCUT2D eigenvalue weighted by Gasteiger charge is 2.29. The van der Waals surface area contributed by atoms with Gasteiger partial charge in [0.05, 0.1) is 39.9 Å². The summed E-state index contributed by atoms with van der Waals surface area (Å²) in [6.45, 7) is 8.29. The maximum absolute atomic E-state index is 17.4. The predicted octanol–water partition coefficient (Wildman–Crippen LogP) is 7.45. The molecule has 0 radical (unpaired) electrons. The summed E-state index contributed by atoms with van der Waals surface area (Å²) in [6.07, 6.45) is 10.7. The lowest BCUT2D eigenvalue weighted by Gasteiger charge is -2.29. The van der Waals surface area contributed by atoms with Crippen molar-refractivity contribution >= 4 is 44.3 Å². The second-order valence-corrected chi connectivity index (χ2v) is 14.3. The predicted molar refractivity (Wildman–Crippen MR) is 184 cm³/mol. The van der Waals surface area contributed by atoms with Crippen molar-refractivity contribution in [2.24, 2.45) is 0 Å². The molecule has 2 unspecified atom stereocenters. The number of nitrogens with zero attached hydrogens (tertiary/aromatic N) is 7. The summed E-state index contributed by atoms with van der Waals surface area (Å²) in [4.78, 5) is 9.58. The molecule has 0 aliphatic carbocycles. The van der Waals surface area contributed by atoms with Gasteiger partial charge in [-0.1, -0.05) is 11.6 Å². The molecule has 9 nitrogen and oxygen atoms in total. The molecule has 6 heterocycles. The zero-order valence-corrected chi connectivity index (χ0v) is 28.5. The number of benzene rings is 2. The third-order valence-electron chi connectivity index (χ3n) is 10.9. The number of aryl methyl sites for hydroxylation is 1. The van der Waals surface area contributed by atoms with Gasteiger partial charge in [0.25, 0.3) is 0 Å². The highest BCUT2D eigenvalue weighted by molar-refractivity contribution is 6.35. The van der Waals surface area contributed by atoms with Crippen LogP contribution in [0.2, 0.25) is 5.02 Å². The minimum Gasteiger partial charge on any atom is -0.475 e. The number of rotatable bonds is 6. The third-order valence-corrected chi connectivity index (χ3v) is 11.2. The van der Waals surface area contributed by atoms with Crippen LogP contribution in [0.4, 0.5) is 4.39 Å². The number of hydrogen-bond donors (Lipinski definition) is 0. The van der Waals surface area contributed by atoms with Crippen LogP contribution >= 0.6 is 11.6 Å². The Morgan fingerprint density at radius 1 is 0.915 bits per heavy atom. The smallest absolute Gasteiger partial charge is 0.225 e. The molecule has 3 fully saturated rings. The van der Waals surface area contributed by atoms with E-state index in [4.69, 9.17) is 36.3 Å². The number of fused-ring (bicyclic) bond motifs is 4. The molecule has 3 aromatic heterocycles. The summed E-state index contributed by atoms with van der Waals surface area (Å²) in [7, 11) is 4.28. The van der Waals surface area contributed by atoms with Crippen molar-refractivity contribution in [3.8, 4) is 17.0 Å². The van der Waals surface area contributed by atoms with E-state index in [9.17, 15) is 0 Å². The highest BCUT2D eigenvalue weighted by Crippen LogP contribution is 2.45. The summed E-state index contributed by atoms with van der Waals surface area (Å²) in [5, 5.41) is 12.3. The fourth-order valence-corrected chi connectivity index (χ4v) is 8.24. The number of aromatic nitrogens is 5. The largest absolute Gasteiger partial charge is 0.475 e. The molecule has 3 saturated heterocycles. The first-order valence-corrected chi connectivity index (χ1v) is 17.5. The second-order valence-electron chi connectivity index (χ2n) is 13.9. The monoisotopic (exact) mass is 659 g/mol. The summed E-state index contributed by atoms with van der Waals surface area (Å²) in [5.41, 5.74) is 5.08. The number of likely N-dealkylation sites (tertiary alicyclic amines) is 2. The summed E-state index contributed by atoms with van der Waals surface area (Å²) in [5.74, 6) is -0.0300. The van der Waals surface area contributed by atoms with Crippen molar-refractivity contribution in [2.45, 2.75) is 77.1 Å². The lowest BCUT2D eigenvalue weighted by molar-refractivity contribution is -0.0366. The minimum absolute atomic E-state index is 0.137. The Morgan fingerprint density at radius 3 is 2.45 bits per heavy atom. The van der Waals surface area contributed by atoms with Crippen LogP contribution in [-0.2, 0) is 4.74 Å². The standard InChI is InChI=1S/C36H43ClFN7O2/c1-21-16-29-26(18-40-45(29)30-9-5-6-15-46-30)31(22(21)2)32-28(37)17-25-34(33(32)38)41-36(47-20-24-8-7-12-43(24)4)27-19-39-44(35(25)27)23-10-13-42(3)14-11-23/h16-19,23-24,30H,5-15,20H2,1-4H3. The number of ether oxygens (including phenoxy) is 2. The van der Waals surface area contributed by atoms with Crippen molar-refractivity contribution in [1.82, 2.24) is 34.3 Å². The van der Waals surface area contributed by atoms with Gasteiger partial charge in [0, 0.05) is 34.5 Å². The van der Waals surface area contributed by atoms with Crippen LogP contribution in [0.5, 0.6) is 5.88 Å². The average molecular weight is 660 g/mol. The second kappa shape index (κ2) is 12.3. The van der Waals surface area contributed by atoms with Crippen LogP contribution in [0.3, 0.4) is 0 Å². The maximum Gasteiger partial charge on any atom is 0.225 e. The fraction of sp³-hybridized carbons (Fsp3) is 0.528. The van der Waals surface area contributed by atoms with Gasteiger partial charge in [0.2, 0.25) is 5.88 Å². The highest BCUT2D eigenvalue weighted by atomic mass is 35.5. The fourth-order valence-electron chi connectivity index (χ4n) is 7.96. The van der Waals surface area contributed by atoms with Crippen LogP contribution in [0.25, 0.3) is 43.8 Å². The molecule has 2 aromatic carbocycles. The molecular formula is C36H43ClFN7O2. The van der Waals surface area contributed by atoms with Crippen molar-refractivity contribution < 1.29 is 13.9 Å². The number of hydrogen-bond acceptors (Lipinski definition) is 7. The molecule has 0 spiro atoms. The van der Waals surface area contributed by atoms with E-state index in [0.29, 0.717) is 41.1 Å². The van der Waals surface area contributed by atoms with Gasteiger partial charge >= 0.3 is 0 Å². The maximum atomic E-state index is 17.4. The van der Waals surface area contributed by atoms with Gasteiger partial charge in [-0.3, -0.25) is 4.68 Å². The molecule has 3 aliphatic rings. The van der Waals surface area contributed by atoms with E-state index in [1.54, 1.807) is 0 Å². The van der Waals surface area contributed by atoms with Crippen LogP contribution in [-0.4, -0.2) is 87.3 Å². The normalized spacial score (nSPS) is 21.9. The summed E-state index contributed by atoms with van der Waals surface area (Å²) in [6, 6.07) is 4.50. The Hall–Kier alpha value is -3.31. The van der Waals surface area contributed by atoms with Crippen LogP contribution in [0.1, 0.15) is 68.3 Å². The van der Waals surface area contributed by atoms with Gasteiger partial charge < -0.3 is 19.3 Å². The lowest BCUT2D eigenvalue weighted by atomic mass is 9.92.